The molecule has 0 bridgehead atoms. The first-order valence-corrected chi connectivity index (χ1v) is 6.09. The monoisotopic (exact) mass is 185 g/mol. The summed E-state index contributed by atoms with van der Waals surface area (Å²) in [6.07, 6.45) is 4.28. The van der Waals surface area contributed by atoms with E-state index in [0.717, 1.165) is 22.5 Å². The number of fused-ring (bicyclic) bond motifs is 1. The van der Waals surface area contributed by atoms with Crippen LogP contribution in [0.5, 0.6) is 0 Å². The average Bonchev–Trinajstić information content (AvgIpc) is 2.03. The van der Waals surface area contributed by atoms with Crippen LogP contribution in [0.1, 0.15) is 33.1 Å². The van der Waals surface area contributed by atoms with Crippen molar-refractivity contribution in [1.29, 1.82) is 0 Å². The highest BCUT2D eigenvalue weighted by molar-refractivity contribution is 8.00. The predicted octanol–water partition coefficient (Wildman–Crippen LogP) is 2.27. The summed E-state index contributed by atoms with van der Waals surface area (Å²) < 4.78 is 0. The van der Waals surface area contributed by atoms with E-state index in [1.165, 1.54) is 25.8 Å². The summed E-state index contributed by atoms with van der Waals surface area (Å²) in [7, 11) is 0. The Kier molecular flexibility index (Phi) is 2.66. The number of hydrogen-bond acceptors (Lipinski definition) is 2. The highest BCUT2D eigenvalue weighted by Crippen LogP contribution is 2.36. The van der Waals surface area contributed by atoms with Crippen LogP contribution in [-0.4, -0.2) is 23.1 Å². The van der Waals surface area contributed by atoms with Crippen LogP contribution >= 0.6 is 11.8 Å². The smallest absolute Gasteiger partial charge is 0.0206 e. The van der Waals surface area contributed by atoms with Crippen molar-refractivity contribution in [2.24, 2.45) is 5.92 Å². The van der Waals surface area contributed by atoms with Gasteiger partial charge in [-0.25, -0.2) is 0 Å². The van der Waals surface area contributed by atoms with Crippen LogP contribution in [0.15, 0.2) is 0 Å². The van der Waals surface area contributed by atoms with Crippen molar-refractivity contribution in [2.45, 2.75) is 49.7 Å². The van der Waals surface area contributed by atoms with Crippen LogP contribution in [-0.2, 0) is 0 Å². The molecule has 1 saturated heterocycles. The van der Waals surface area contributed by atoms with Crippen LogP contribution < -0.4 is 5.32 Å². The van der Waals surface area contributed by atoms with E-state index in [1.807, 2.05) is 0 Å². The Labute approximate surface area is 79.7 Å². The van der Waals surface area contributed by atoms with Gasteiger partial charge in [0.1, 0.15) is 0 Å². The van der Waals surface area contributed by atoms with E-state index < -0.39 is 0 Å². The lowest BCUT2D eigenvalue weighted by molar-refractivity contribution is 0.309. The van der Waals surface area contributed by atoms with Crippen molar-refractivity contribution in [2.75, 3.05) is 6.54 Å². The largest absolute Gasteiger partial charge is 0.312 e. The van der Waals surface area contributed by atoms with E-state index in [1.54, 1.807) is 0 Å². The summed E-state index contributed by atoms with van der Waals surface area (Å²) in [5.41, 5.74) is 0. The van der Waals surface area contributed by atoms with Gasteiger partial charge in [-0.15, -0.1) is 0 Å². The second-order valence-electron chi connectivity index (χ2n) is 4.42. The minimum absolute atomic E-state index is 0.830. The fraction of sp³-hybridized carbons (Fsp3) is 1.00. The van der Waals surface area contributed by atoms with Crippen molar-refractivity contribution in [3.63, 3.8) is 0 Å². The zero-order valence-corrected chi connectivity index (χ0v) is 8.86. The van der Waals surface area contributed by atoms with Crippen LogP contribution in [0, 0.1) is 5.92 Å². The van der Waals surface area contributed by atoms with Gasteiger partial charge in [0.05, 0.1) is 0 Å². The molecule has 0 spiro atoms. The summed E-state index contributed by atoms with van der Waals surface area (Å²) in [6.45, 7) is 5.96. The van der Waals surface area contributed by atoms with Gasteiger partial charge in [-0.2, -0.15) is 11.8 Å². The van der Waals surface area contributed by atoms with E-state index in [0.29, 0.717) is 0 Å². The minimum Gasteiger partial charge on any atom is -0.312 e. The zero-order chi connectivity index (χ0) is 8.55. The van der Waals surface area contributed by atoms with Crippen LogP contribution in [0.3, 0.4) is 0 Å². The van der Waals surface area contributed by atoms with E-state index in [2.05, 4.69) is 30.9 Å². The molecular formula is C10H19NS. The summed E-state index contributed by atoms with van der Waals surface area (Å²) in [4.78, 5) is 0. The molecule has 12 heavy (non-hydrogen) atoms. The number of rotatable bonds is 0. The predicted molar refractivity (Wildman–Crippen MR) is 55.6 cm³/mol. The Hall–Kier alpha value is 0.310. The fourth-order valence-corrected chi connectivity index (χ4v) is 4.03. The molecule has 0 radical (unpaired) electrons. The van der Waals surface area contributed by atoms with Crippen molar-refractivity contribution in [3.8, 4) is 0 Å². The van der Waals surface area contributed by atoms with Gasteiger partial charge in [0, 0.05) is 23.1 Å². The molecule has 70 valence electrons. The highest BCUT2D eigenvalue weighted by Gasteiger charge is 2.33. The van der Waals surface area contributed by atoms with Gasteiger partial charge >= 0.3 is 0 Å². The lowest BCUT2D eigenvalue weighted by Crippen LogP contribution is -2.49. The summed E-state index contributed by atoms with van der Waals surface area (Å²) in [6, 6.07) is 0.836. The summed E-state index contributed by atoms with van der Waals surface area (Å²) >= 11 is 2.21. The van der Waals surface area contributed by atoms with Crippen molar-refractivity contribution >= 4 is 11.8 Å². The summed E-state index contributed by atoms with van der Waals surface area (Å²) in [5.74, 6) is 0.964. The molecule has 1 N–H and O–H groups in total. The highest BCUT2D eigenvalue weighted by atomic mass is 32.2. The van der Waals surface area contributed by atoms with Gasteiger partial charge in [0.15, 0.2) is 0 Å². The fourth-order valence-electron chi connectivity index (χ4n) is 2.38. The average molecular weight is 185 g/mol. The third kappa shape index (κ3) is 1.80. The van der Waals surface area contributed by atoms with E-state index in [9.17, 15) is 0 Å². The molecule has 0 aromatic rings. The third-order valence-corrected chi connectivity index (χ3v) is 4.63. The molecular weight excluding hydrogens is 166 g/mol. The van der Waals surface area contributed by atoms with Crippen LogP contribution in [0.4, 0.5) is 0 Å². The molecule has 2 rings (SSSR count). The zero-order valence-electron chi connectivity index (χ0n) is 8.05. The van der Waals surface area contributed by atoms with Crippen LogP contribution in [0.2, 0.25) is 0 Å². The van der Waals surface area contributed by atoms with Crippen LogP contribution in [0.25, 0.3) is 0 Å². The second kappa shape index (κ2) is 3.59. The van der Waals surface area contributed by atoms with Gasteiger partial charge in [-0.05, 0) is 25.2 Å². The first kappa shape index (κ1) is 8.89. The Balaban J connectivity index is 1.94. The number of nitrogens with one attached hydrogen (secondary N) is 1. The van der Waals surface area contributed by atoms with Crippen molar-refractivity contribution in [3.05, 3.63) is 0 Å². The molecule has 1 aliphatic heterocycles. The molecule has 0 aromatic heterocycles. The molecule has 1 aliphatic carbocycles. The first-order chi connectivity index (χ1) is 5.75. The molecule has 1 saturated carbocycles. The SMILES string of the molecule is CC1CCC2NCC(C)SC2C1. The molecule has 1 heterocycles. The Bertz CT molecular complexity index is 144. The van der Waals surface area contributed by atoms with E-state index in [-0.39, 0.29) is 0 Å². The molecule has 1 nitrogen and oxygen atoms in total. The van der Waals surface area contributed by atoms with Crippen molar-refractivity contribution < 1.29 is 0 Å². The Morgan fingerprint density at radius 2 is 2.08 bits per heavy atom. The molecule has 2 heteroatoms. The molecule has 4 atom stereocenters. The first-order valence-electron chi connectivity index (χ1n) is 5.14. The lowest BCUT2D eigenvalue weighted by Gasteiger charge is -2.40. The molecule has 0 aromatic carbocycles. The second-order valence-corrected chi connectivity index (χ2v) is 6.10. The quantitative estimate of drug-likeness (QED) is 0.621. The minimum atomic E-state index is 0.830. The Morgan fingerprint density at radius 1 is 1.25 bits per heavy atom. The topological polar surface area (TPSA) is 12.0 Å². The van der Waals surface area contributed by atoms with Gasteiger partial charge in [0.2, 0.25) is 0 Å². The van der Waals surface area contributed by atoms with E-state index in [4.69, 9.17) is 0 Å². The molecule has 2 aliphatic rings. The lowest BCUT2D eigenvalue weighted by atomic mass is 9.86. The van der Waals surface area contributed by atoms with E-state index >= 15 is 0 Å². The third-order valence-electron chi connectivity index (χ3n) is 3.13. The molecule has 2 fully saturated rings. The van der Waals surface area contributed by atoms with Gasteiger partial charge < -0.3 is 5.32 Å². The van der Waals surface area contributed by atoms with Gasteiger partial charge in [-0.1, -0.05) is 13.8 Å². The molecule has 4 unspecified atom stereocenters. The Morgan fingerprint density at radius 3 is 2.92 bits per heavy atom. The standard InChI is InChI=1S/C10H19NS/c1-7-3-4-9-10(5-7)12-8(2)6-11-9/h7-11H,3-6H2,1-2H3. The number of thioether (sulfide) groups is 1. The van der Waals surface area contributed by atoms with Crippen molar-refractivity contribution in [1.82, 2.24) is 5.32 Å². The number of hydrogen-bond donors (Lipinski definition) is 1. The normalized spacial score (nSPS) is 48.5. The van der Waals surface area contributed by atoms with Gasteiger partial charge in [-0.3, -0.25) is 0 Å². The maximum absolute atomic E-state index is 3.67. The molecule has 0 amide bonds. The maximum Gasteiger partial charge on any atom is 0.0206 e. The summed E-state index contributed by atoms with van der Waals surface area (Å²) in [5, 5.41) is 5.41. The maximum atomic E-state index is 3.67. The van der Waals surface area contributed by atoms with Gasteiger partial charge in [0.25, 0.3) is 0 Å².